The van der Waals surface area contributed by atoms with Crippen LogP contribution in [-0.4, -0.2) is 57.1 Å². The first-order valence-corrected chi connectivity index (χ1v) is 10.7. The quantitative estimate of drug-likeness (QED) is 0.662. The lowest BCUT2D eigenvalue weighted by atomic mass is 10.1. The maximum atomic E-state index is 13.0. The molecule has 1 saturated heterocycles. The highest BCUT2D eigenvalue weighted by Crippen LogP contribution is 2.27. The molecule has 0 radical (unpaired) electrons. The predicted molar refractivity (Wildman–Crippen MR) is 118 cm³/mol. The Kier molecular flexibility index (Phi) is 7.48. The number of nitrogens with one attached hydrogen (secondary N) is 2. The summed E-state index contributed by atoms with van der Waals surface area (Å²) in [7, 11) is 5.12. The maximum Gasteiger partial charge on any atom is 0.268 e. The van der Waals surface area contributed by atoms with Gasteiger partial charge in [0.05, 0.1) is 14.2 Å². The van der Waals surface area contributed by atoms with Crippen LogP contribution < -0.4 is 20.1 Å². The fourth-order valence-electron chi connectivity index (χ4n) is 3.26. The molecular weight excluding hydrogens is 402 g/mol. The van der Waals surface area contributed by atoms with Crippen molar-refractivity contribution in [3.8, 4) is 11.5 Å². The lowest BCUT2D eigenvalue weighted by Crippen LogP contribution is -2.45. The minimum Gasteiger partial charge on any atom is -0.493 e. The Balaban J connectivity index is 1.77. The van der Waals surface area contributed by atoms with Crippen molar-refractivity contribution in [3.05, 3.63) is 51.8 Å². The van der Waals surface area contributed by atoms with Gasteiger partial charge in [-0.2, -0.15) is 0 Å². The largest absolute Gasteiger partial charge is 0.493 e. The van der Waals surface area contributed by atoms with E-state index in [0.717, 1.165) is 30.8 Å². The lowest BCUT2D eigenvalue weighted by Gasteiger charge is -2.29. The van der Waals surface area contributed by atoms with E-state index < -0.39 is 5.91 Å². The van der Waals surface area contributed by atoms with Crippen LogP contribution in [0.2, 0.25) is 0 Å². The van der Waals surface area contributed by atoms with Crippen LogP contribution in [0, 0.1) is 0 Å². The van der Waals surface area contributed by atoms with Crippen molar-refractivity contribution in [2.75, 3.05) is 34.4 Å². The predicted octanol–water partition coefficient (Wildman–Crippen LogP) is 2.75. The monoisotopic (exact) mass is 429 g/mol. The number of amides is 2. The Hall–Kier alpha value is -2.84. The number of benzene rings is 1. The highest BCUT2D eigenvalue weighted by atomic mass is 32.1. The van der Waals surface area contributed by atoms with E-state index in [2.05, 4.69) is 22.6 Å². The molecular formula is C22H27N3O4S. The molecule has 0 saturated carbocycles. The Morgan fingerprint density at radius 3 is 2.50 bits per heavy atom. The van der Waals surface area contributed by atoms with Crippen LogP contribution in [0.25, 0.3) is 6.08 Å². The van der Waals surface area contributed by atoms with Gasteiger partial charge in [0.2, 0.25) is 0 Å². The minimum absolute atomic E-state index is 0.0958. The van der Waals surface area contributed by atoms with Gasteiger partial charge >= 0.3 is 0 Å². The summed E-state index contributed by atoms with van der Waals surface area (Å²) in [6.45, 7) is 1.87. The second-order valence-corrected chi connectivity index (χ2v) is 8.13. The van der Waals surface area contributed by atoms with E-state index in [9.17, 15) is 9.59 Å². The zero-order valence-electron chi connectivity index (χ0n) is 17.4. The molecule has 1 aromatic heterocycles. The molecule has 1 fully saturated rings. The van der Waals surface area contributed by atoms with Gasteiger partial charge in [0.15, 0.2) is 11.5 Å². The second kappa shape index (κ2) is 10.3. The first-order chi connectivity index (χ1) is 14.5. The molecule has 7 nitrogen and oxygen atoms in total. The maximum absolute atomic E-state index is 13.0. The van der Waals surface area contributed by atoms with Gasteiger partial charge in [-0.25, -0.2) is 0 Å². The van der Waals surface area contributed by atoms with Crippen molar-refractivity contribution in [2.24, 2.45) is 0 Å². The molecule has 0 unspecified atom stereocenters. The van der Waals surface area contributed by atoms with E-state index in [1.54, 1.807) is 24.3 Å². The number of carbonyl (C=O) groups excluding carboxylic acids is 2. The molecule has 1 aliphatic heterocycles. The summed E-state index contributed by atoms with van der Waals surface area (Å²) in [5.41, 5.74) is 0.591. The molecule has 2 N–H and O–H groups in total. The smallest absolute Gasteiger partial charge is 0.268 e. The van der Waals surface area contributed by atoms with Gasteiger partial charge in [-0.05, 0) is 68.7 Å². The average Bonchev–Trinajstić information content (AvgIpc) is 3.27. The molecule has 30 heavy (non-hydrogen) atoms. The third-order valence-corrected chi connectivity index (χ3v) is 5.84. The lowest BCUT2D eigenvalue weighted by molar-refractivity contribution is -0.118. The van der Waals surface area contributed by atoms with Crippen LogP contribution in [0.15, 0.2) is 41.4 Å². The van der Waals surface area contributed by atoms with Crippen molar-refractivity contribution < 1.29 is 19.1 Å². The fourth-order valence-corrected chi connectivity index (χ4v) is 3.92. The Morgan fingerprint density at radius 1 is 1.13 bits per heavy atom. The normalized spacial score (nSPS) is 15.5. The molecule has 160 valence electrons. The van der Waals surface area contributed by atoms with Gasteiger partial charge in [-0.1, -0.05) is 6.07 Å². The first kappa shape index (κ1) is 21.9. The molecule has 2 amide bonds. The van der Waals surface area contributed by atoms with Crippen LogP contribution in [0.1, 0.15) is 28.1 Å². The van der Waals surface area contributed by atoms with E-state index in [-0.39, 0.29) is 17.6 Å². The van der Waals surface area contributed by atoms with E-state index in [1.165, 1.54) is 25.6 Å². The molecule has 1 aromatic carbocycles. The van der Waals surface area contributed by atoms with Gasteiger partial charge in [-0.15, -0.1) is 11.3 Å². The highest BCUT2D eigenvalue weighted by molar-refractivity contribution is 7.10. The third kappa shape index (κ3) is 5.61. The molecule has 2 aromatic rings. The molecule has 0 bridgehead atoms. The fraction of sp³-hybridized carbons (Fsp3) is 0.364. The van der Waals surface area contributed by atoms with Gasteiger partial charge < -0.3 is 25.0 Å². The Bertz CT molecular complexity index is 903. The number of nitrogens with zero attached hydrogens (tertiary/aromatic N) is 1. The summed E-state index contributed by atoms with van der Waals surface area (Å²) in [5.74, 6) is 0.303. The summed E-state index contributed by atoms with van der Waals surface area (Å²) < 4.78 is 10.5. The van der Waals surface area contributed by atoms with Crippen LogP contribution in [0.3, 0.4) is 0 Å². The Labute approximate surface area is 180 Å². The summed E-state index contributed by atoms with van der Waals surface area (Å²) in [4.78, 5) is 28.9. The number of rotatable bonds is 7. The van der Waals surface area contributed by atoms with Crippen molar-refractivity contribution in [2.45, 2.75) is 18.9 Å². The number of ether oxygens (including phenoxy) is 2. The van der Waals surface area contributed by atoms with Crippen LogP contribution >= 0.6 is 11.3 Å². The standard InChI is InChI=1S/C22H27N3O4S/c1-25-10-8-16(9-11-25)23-22(27)18(14-17-5-4-12-30-17)24-21(26)15-6-7-19(28-2)20(13-15)29-3/h4-7,12-14,16H,8-11H2,1-3H3,(H,23,27)(H,24,26)/b18-14-. The van der Waals surface area contributed by atoms with Crippen LogP contribution in [0.4, 0.5) is 0 Å². The highest BCUT2D eigenvalue weighted by Gasteiger charge is 2.22. The first-order valence-electron chi connectivity index (χ1n) is 9.78. The van der Waals surface area contributed by atoms with Crippen molar-refractivity contribution in [1.29, 1.82) is 0 Å². The van der Waals surface area contributed by atoms with Crippen molar-refractivity contribution in [1.82, 2.24) is 15.5 Å². The average molecular weight is 430 g/mol. The van der Waals surface area contributed by atoms with E-state index in [1.807, 2.05) is 17.5 Å². The zero-order chi connectivity index (χ0) is 21.5. The topological polar surface area (TPSA) is 79.9 Å². The number of thiophene rings is 1. The van der Waals surface area contributed by atoms with Crippen molar-refractivity contribution in [3.63, 3.8) is 0 Å². The molecule has 1 aliphatic rings. The summed E-state index contributed by atoms with van der Waals surface area (Å²) in [5, 5.41) is 7.75. The number of methoxy groups -OCH3 is 2. The van der Waals surface area contributed by atoms with Gasteiger partial charge in [0, 0.05) is 16.5 Å². The minimum atomic E-state index is -0.391. The SMILES string of the molecule is COc1ccc(C(=O)N/C(=C\c2cccs2)C(=O)NC2CCN(C)CC2)cc1OC. The molecule has 0 aliphatic carbocycles. The van der Waals surface area contributed by atoms with Crippen LogP contribution in [0.5, 0.6) is 11.5 Å². The third-order valence-electron chi connectivity index (χ3n) is 5.02. The van der Waals surface area contributed by atoms with Gasteiger partial charge in [0.1, 0.15) is 5.70 Å². The number of carbonyl (C=O) groups is 2. The number of piperidine rings is 1. The molecule has 0 spiro atoms. The summed E-state index contributed by atoms with van der Waals surface area (Å²) in [6, 6.07) is 8.78. The van der Waals surface area contributed by atoms with E-state index in [4.69, 9.17) is 9.47 Å². The van der Waals surface area contributed by atoms with Gasteiger partial charge in [0.25, 0.3) is 11.8 Å². The van der Waals surface area contributed by atoms with E-state index in [0.29, 0.717) is 17.1 Å². The second-order valence-electron chi connectivity index (χ2n) is 7.15. The number of hydrogen-bond donors (Lipinski definition) is 2. The molecule has 0 atom stereocenters. The molecule has 2 heterocycles. The summed E-state index contributed by atoms with van der Waals surface area (Å²) >= 11 is 1.50. The Morgan fingerprint density at radius 2 is 1.87 bits per heavy atom. The number of hydrogen-bond acceptors (Lipinski definition) is 6. The van der Waals surface area contributed by atoms with Crippen LogP contribution in [-0.2, 0) is 4.79 Å². The van der Waals surface area contributed by atoms with Gasteiger partial charge in [-0.3, -0.25) is 9.59 Å². The molecule has 8 heteroatoms. The van der Waals surface area contributed by atoms with E-state index >= 15 is 0 Å². The number of likely N-dealkylation sites (tertiary alicyclic amines) is 1. The summed E-state index contributed by atoms with van der Waals surface area (Å²) in [6.07, 6.45) is 3.48. The van der Waals surface area contributed by atoms with Crippen molar-refractivity contribution >= 4 is 29.2 Å². The zero-order valence-corrected chi connectivity index (χ0v) is 18.3. The molecule has 3 rings (SSSR count).